The Labute approximate surface area is 384 Å². The van der Waals surface area contributed by atoms with Gasteiger partial charge in [0.25, 0.3) is 5.91 Å². The summed E-state index contributed by atoms with van der Waals surface area (Å²) >= 11 is 0. The predicted molar refractivity (Wildman–Crippen MR) is 256 cm³/mol. The lowest BCUT2D eigenvalue weighted by Crippen LogP contribution is -2.56. The minimum absolute atomic E-state index is 0.0658. The standard InChI is InChI=1S/C53H66N8O4/c1-35-12-16-40(56-41-33-54-34-41)31-46(35)50(63)55-36(2)43-18-15-39(44-10-5-6-11-45(43)44)14-13-38-22-27-59(28-23-38)26-8-7-9-37-24-29-60(30-25-37)42-17-20-48-53(3,32-42)58(4)52(65)61(48)47-19-21-49(62)57-51(47)64/h5-6,10-12,15-18,20,31-32,36-38,41,47-48,54,56H,7-9,19,21-30,33-34H2,1-4H3,(H,55,63)(H,57,62,64)/t36-,47?,48?,53?/m1/s1. The largest absolute Gasteiger partial charge is 0.380 e. The molecule has 5 heterocycles. The lowest BCUT2D eigenvalue weighted by atomic mass is 9.84. The highest BCUT2D eigenvalue weighted by molar-refractivity contribution is 6.02. The second-order valence-electron chi connectivity index (χ2n) is 19.6. The van der Waals surface area contributed by atoms with E-state index in [9.17, 15) is 19.2 Å². The number of carbonyl (C=O) groups excluding carboxylic acids is 4. The van der Waals surface area contributed by atoms with Crippen molar-refractivity contribution in [2.75, 3.05) is 58.2 Å². The fraction of sp³-hybridized carbons (Fsp3) is 0.509. The Kier molecular flexibility index (Phi) is 13.1. The number of aryl methyl sites for hydroxylation is 1. The van der Waals surface area contributed by atoms with E-state index in [1.165, 1.54) is 32.1 Å². The Balaban J connectivity index is 0.709. The Morgan fingerprint density at radius 2 is 1.71 bits per heavy atom. The molecule has 3 unspecified atom stereocenters. The summed E-state index contributed by atoms with van der Waals surface area (Å²) in [4.78, 5) is 60.1. The second-order valence-corrected chi connectivity index (χ2v) is 19.6. The molecule has 0 spiro atoms. The average Bonchev–Trinajstić information content (AvgIpc) is 3.49. The predicted octanol–water partition coefficient (Wildman–Crippen LogP) is 6.72. The number of carbonyl (C=O) groups is 4. The SMILES string of the molecule is Cc1ccc(NC2CNC2)cc1C(=O)N[C@H](C)c1ccc(C#CC2CCN(CCCCC3CCN(C4=CC5(C)C(C=C4)N(C4CCC(=O)NC4=O)C(=O)N5C)CC3)CC2)c2ccccc12. The molecule has 12 nitrogen and oxygen atoms in total. The van der Waals surface area contributed by atoms with Crippen LogP contribution >= 0.6 is 0 Å². The monoisotopic (exact) mass is 879 g/mol. The number of imide groups is 1. The Bertz CT molecular complexity index is 2430. The van der Waals surface area contributed by atoms with Crippen LogP contribution in [0.15, 0.2) is 78.5 Å². The summed E-state index contributed by atoms with van der Waals surface area (Å²) in [5.74, 6) is 7.63. The van der Waals surface area contributed by atoms with Crippen LogP contribution in [-0.4, -0.2) is 120 Å². The highest BCUT2D eigenvalue weighted by atomic mass is 16.2. The minimum Gasteiger partial charge on any atom is -0.380 e. The van der Waals surface area contributed by atoms with Crippen molar-refractivity contribution in [1.29, 1.82) is 0 Å². The average molecular weight is 879 g/mol. The van der Waals surface area contributed by atoms with E-state index in [2.05, 4.69) is 111 Å². The number of nitrogens with one attached hydrogen (secondary N) is 4. The van der Waals surface area contributed by atoms with Gasteiger partial charge in [0.05, 0.1) is 23.7 Å². The van der Waals surface area contributed by atoms with Gasteiger partial charge in [-0.05, 0) is 137 Å². The third-order valence-corrected chi connectivity index (χ3v) is 15.3. The van der Waals surface area contributed by atoms with E-state index < -0.39 is 11.6 Å². The van der Waals surface area contributed by atoms with Crippen molar-refractivity contribution in [3.63, 3.8) is 0 Å². The number of anilines is 1. The van der Waals surface area contributed by atoms with Crippen LogP contribution in [0.1, 0.15) is 105 Å². The van der Waals surface area contributed by atoms with Crippen LogP contribution in [0.5, 0.6) is 0 Å². The van der Waals surface area contributed by atoms with E-state index in [4.69, 9.17) is 0 Å². The van der Waals surface area contributed by atoms with Gasteiger partial charge in [-0.3, -0.25) is 19.7 Å². The maximum Gasteiger partial charge on any atom is 0.321 e. The first-order chi connectivity index (χ1) is 31.4. The number of fused-ring (bicyclic) bond motifs is 2. The van der Waals surface area contributed by atoms with Crippen LogP contribution in [0.4, 0.5) is 10.5 Å². The molecule has 0 bridgehead atoms. The first-order valence-corrected chi connectivity index (χ1v) is 24.2. The summed E-state index contributed by atoms with van der Waals surface area (Å²) < 4.78 is 0. The Morgan fingerprint density at radius 1 is 0.938 bits per heavy atom. The highest BCUT2D eigenvalue weighted by Gasteiger charge is 2.55. The van der Waals surface area contributed by atoms with Crippen LogP contribution in [0, 0.1) is 30.6 Å². The minimum atomic E-state index is -0.635. The normalized spacial score (nSPS) is 24.8. The molecule has 3 aromatic carbocycles. The van der Waals surface area contributed by atoms with Crippen molar-refractivity contribution in [3.8, 4) is 11.8 Å². The number of allylic oxidation sites excluding steroid dienone is 1. The van der Waals surface area contributed by atoms with Crippen molar-refractivity contribution in [2.24, 2.45) is 11.8 Å². The van der Waals surface area contributed by atoms with E-state index in [1.807, 2.05) is 32.2 Å². The van der Waals surface area contributed by atoms with Gasteiger partial charge in [0.15, 0.2) is 0 Å². The number of likely N-dealkylation sites (tertiary alicyclic amines) is 2. The number of urea groups is 1. The number of amides is 5. The molecule has 0 radical (unpaired) electrons. The topological polar surface area (TPSA) is 129 Å². The number of unbranched alkanes of at least 4 members (excludes halogenated alkanes) is 1. The van der Waals surface area contributed by atoms with Gasteiger partial charge in [-0.1, -0.05) is 67.2 Å². The quantitative estimate of drug-likeness (QED) is 0.0898. The molecule has 0 saturated carbocycles. The van der Waals surface area contributed by atoms with Crippen molar-refractivity contribution in [3.05, 3.63) is 101 Å². The van der Waals surface area contributed by atoms with Crippen molar-refractivity contribution >= 4 is 40.2 Å². The summed E-state index contributed by atoms with van der Waals surface area (Å²) in [6.45, 7) is 13.4. The summed E-state index contributed by atoms with van der Waals surface area (Å²) in [5, 5.41) is 14.8. The zero-order chi connectivity index (χ0) is 45.2. The summed E-state index contributed by atoms with van der Waals surface area (Å²) in [5.41, 5.74) is 5.35. The number of hydrogen-bond acceptors (Lipinski definition) is 8. The van der Waals surface area contributed by atoms with Crippen LogP contribution < -0.4 is 21.3 Å². The first kappa shape index (κ1) is 44.6. The molecule has 12 heteroatoms. The lowest BCUT2D eigenvalue weighted by Gasteiger charge is -2.41. The van der Waals surface area contributed by atoms with Crippen molar-refractivity contribution in [1.82, 2.24) is 35.6 Å². The molecule has 6 aliphatic rings. The maximum atomic E-state index is 13.6. The van der Waals surface area contributed by atoms with Gasteiger partial charge in [0.2, 0.25) is 11.8 Å². The number of likely N-dealkylation sites (N-methyl/N-ethyl adjacent to an activating group) is 1. The zero-order valence-corrected chi connectivity index (χ0v) is 38.6. The molecule has 9 rings (SSSR count). The van der Waals surface area contributed by atoms with E-state index in [0.717, 1.165) is 103 Å². The van der Waals surface area contributed by atoms with Gasteiger partial charge in [-0.2, -0.15) is 0 Å². The molecule has 1 aliphatic carbocycles. The number of rotatable bonds is 12. The van der Waals surface area contributed by atoms with Gasteiger partial charge < -0.3 is 35.6 Å². The van der Waals surface area contributed by atoms with Gasteiger partial charge in [-0.15, -0.1) is 0 Å². The van der Waals surface area contributed by atoms with Crippen LogP contribution in [0.2, 0.25) is 0 Å². The fourth-order valence-corrected chi connectivity index (χ4v) is 10.9. The van der Waals surface area contributed by atoms with E-state index in [1.54, 1.807) is 9.80 Å². The van der Waals surface area contributed by atoms with E-state index in [0.29, 0.717) is 23.9 Å². The van der Waals surface area contributed by atoms with Crippen LogP contribution in [0.3, 0.4) is 0 Å². The fourth-order valence-electron chi connectivity index (χ4n) is 10.9. The molecular formula is C53H66N8O4. The van der Waals surface area contributed by atoms with E-state index in [-0.39, 0.29) is 42.3 Å². The highest BCUT2D eigenvalue weighted by Crippen LogP contribution is 2.41. The third-order valence-electron chi connectivity index (χ3n) is 15.3. The van der Waals surface area contributed by atoms with Crippen molar-refractivity contribution in [2.45, 2.75) is 108 Å². The smallest absolute Gasteiger partial charge is 0.321 e. The molecular weight excluding hydrogens is 813 g/mol. The van der Waals surface area contributed by atoms with Gasteiger partial charge in [0.1, 0.15) is 6.04 Å². The van der Waals surface area contributed by atoms with E-state index >= 15 is 0 Å². The lowest BCUT2D eigenvalue weighted by molar-refractivity contribution is -0.136. The molecule has 5 saturated heterocycles. The Morgan fingerprint density at radius 3 is 2.45 bits per heavy atom. The number of nitrogens with zero attached hydrogens (tertiary/aromatic N) is 4. The maximum absolute atomic E-state index is 13.6. The molecule has 4 N–H and O–H groups in total. The zero-order valence-electron chi connectivity index (χ0n) is 38.6. The molecule has 4 atom stereocenters. The molecule has 5 aliphatic heterocycles. The number of benzene rings is 3. The van der Waals surface area contributed by atoms with Gasteiger partial charge in [-0.25, -0.2) is 4.79 Å². The van der Waals surface area contributed by atoms with Gasteiger partial charge >= 0.3 is 6.03 Å². The molecule has 65 heavy (non-hydrogen) atoms. The number of piperidine rings is 3. The molecule has 0 aromatic heterocycles. The summed E-state index contributed by atoms with van der Waals surface area (Å²) in [6.07, 6.45) is 15.3. The van der Waals surface area contributed by atoms with Crippen LogP contribution in [-0.2, 0) is 9.59 Å². The third kappa shape index (κ3) is 9.41. The molecule has 3 aromatic rings. The summed E-state index contributed by atoms with van der Waals surface area (Å²) in [6, 6.07) is 17.9. The first-order valence-electron chi connectivity index (χ1n) is 24.2. The van der Waals surface area contributed by atoms with Crippen LogP contribution in [0.25, 0.3) is 10.8 Å². The molecule has 5 fully saturated rings. The number of hydrogen-bond donors (Lipinski definition) is 4. The molecule has 5 amide bonds. The Hall–Kier alpha value is -5.64. The second kappa shape index (κ2) is 19.1. The molecule has 342 valence electrons. The summed E-state index contributed by atoms with van der Waals surface area (Å²) in [7, 11) is 1.82. The van der Waals surface area contributed by atoms with Gasteiger partial charge in [0, 0.05) is 68.1 Å². The van der Waals surface area contributed by atoms with Crippen molar-refractivity contribution < 1.29 is 19.2 Å².